The fourth-order valence-electron chi connectivity index (χ4n) is 1.08. The molecule has 0 saturated heterocycles. The van der Waals surface area contributed by atoms with Gasteiger partial charge < -0.3 is 5.11 Å². The van der Waals surface area contributed by atoms with E-state index < -0.39 is 5.97 Å². The number of aliphatic carboxylic acids is 1. The molecular formula is C11H10ClNO2S. The second kappa shape index (κ2) is 6.41. The smallest absolute Gasteiger partial charge is 0.304 e. The van der Waals surface area contributed by atoms with Crippen molar-refractivity contribution < 1.29 is 9.90 Å². The third-order valence-corrected chi connectivity index (χ3v) is 3.26. The number of hydrogen-bond donors (Lipinski definition) is 1. The number of hydrogen-bond acceptors (Lipinski definition) is 3. The first kappa shape index (κ1) is 12.9. The molecule has 0 saturated carbocycles. The number of benzene rings is 1. The van der Waals surface area contributed by atoms with Crippen molar-refractivity contribution in [2.75, 3.05) is 5.75 Å². The molecule has 0 aromatic heterocycles. The van der Waals surface area contributed by atoms with Crippen LogP contribution in [0.5, 0.6) is 0 Å². The van der Waals surface area contributed by atoms with Crippen molar-refractivity contribution in [2.24, 2.45) is 0 Å². The number of carboxylic acid groups (broad SMARTS) is 1. The minimum absolute atomic E-state index is 0.151. The predicted octanol–water partition coefficient (Wildman–Crippen LogP) is 2.92. The van der Waals surface area contributed by atoms with E-state index in [2.05, 4.69) is 0 Å². The highest BCUT2D eigenvalue weighted by Gasteiger charge is 2.03. The monoisotopic (exact) mass is 255 g/mol. The van der Waals surface area contributed by atoms with Gasteiger partial charge in [0.25, 0.3) is 0 Å². The molecule has 0 aliphatic carbocycles. The standard InChI is InChI=1S/C11H10ClNO2S/c12-10-5-8(6-13)1-2-9(10)7-16-4-3-11(14)15/h1-2,5H,3-4,7H2,(H,14,15). The van der Waals surface area contributed by atoms with Crippen LogP contribution in [-0.2, 0) is 10.5 Å². The highest BCUT2D eigenvalue weighted by molar-refractivity contribution is 7.98. The number of thioether (sulfide) groups is 1. The first-order valence-electron chi connectivity index (χ1n) is 4.61. The van der Waals surface area contributed by atoms with Crippen LogP contribution in [0, 0.1) is 11.3 Å². The molecule has 0 heterocycles. The minimum Gasteiger partial charge on any atom is -0.481 e. The van der Waals surface area contributed by atoms with E-state index in [-0.39, 0.29) is 6.42 Å². The molecule has 0 fully saturated rings. The van der Waals surface area contributed by atoms with Crippen molar-refractivity contribution in [3.8, 4) is 6.07 Å². The summed E-state index contributed by atoms with van der Waals surface area (Å²) in [7, 11) is 0. The highest BCUT2D eigenvalue weighted by Crippen LogP contribution is 2.22. The van der Waals surface area contributed by atoms with Gasteiger partial charge in [0, 0.05) is 16.5 Å². The van der Waals surface area contributed by atoms with Crippen LogP contribution >= 0.6 is 23.4 Å². The van der Waals surface area contributed by atoms with Gasteiger partial charge in [0.2, 0.25) is 0 Å². The number of carbonyl (C=O) groups is 1. The van der Waals surface area contributed by atoms with E-state index in [1.165, 1.54) is 11.8 Å². The van der Waals surface area contributed by atoms with Gasteiger partial charge in [0.15, 0.2) is 0 Å². The summed E-state index contributed by atoms with van der Waals surface area (Å²) in [6.45, 7) is 0. The van der Waals surface area contributed by atoms with Crippen molar-refractivity contribution >= 4 is 29.3 Å². The van der Waals surface area contributed by atoms with Crippen LogP contribution in [0.25, 0.3) is 0 Å². The Labute approximate surface area is 103 Å². The van der Waals surface area contributed by atoms with Crippen LogP contribution in [0.4, 0.5) is 0 Å². The number of nitrogens with zero attached hydrogens (tertiary/aromatic N) is 1. The van der Waals surface area contributed by atoms with E-state index in [1.807, 2.05) is 6.07 Å². The van der Waals surface area contributed by atoms with Crippen molar-refractivity contribution in [1.82, 2.24) is 0 Å². The van der Waals surface area contributed by atoms with Crippen molar-refractivity contribution in [1.29, 1.82) is 5.26 Å². The van der Waals surface area contributed by atoms with E-state index in [9.17, 15) is 4.79 Å². The lowest BCUT2D eigenvalue weighted by Gasteiger charge is -2.03. The molecule has 0 amide bonds. The van der Waals surface area contributed by atoms with Gasteiger partial charge in [-0.3, -0.25) is 4.79 Å². The maximum atomic E-state index is 10.3. The zero-order valence-electron chi connectivity index (χ0n) is 8.44. The van der Waals surface area contributed by atoms with Gasteiger partial charge in [0.05, 0.1) is 18.1 Å². The van der Waals surface area contributed by atoms with Crippen molar-refractivity contribution in [3.63, 3.8) is 0 Å². The van der Waals surface area contributed by atoms with E-state index >= 15 is 0 Å². The number of nitriles is 1. The predicted molar refractivity (Wildman–Crippen MR) is 64.6 cm³/mol. The summed E-state index contributed by atoms with van der Waals surface area (Å²) in [6, 6.07) is 7.14. The number of carboxylic acids is 1. The largest absolute Gasteiger partial charge is 0.481 e. The quantitative estimate of drug-likeness (QED) is 0.822. The Balaban J connectivity index is 2.49. The zero-order valence-corrected chi connectivity index (χ0v) is 10.0. The Bertz CT molecular complexity index is 428. The molecule has 0 atom stereocenters. The third-order valence-electron chi connectivity index (χ3n) is 1.90. The van der Waals surface area contributed by atoms with Crippen LogP contribution in [-0.4, -0.2) is 16.8 Å². The molecule has 0 aliphatic heterocycles. The molecule has 1 N–H and O–H groups in total. The number of halogens is 1. The summed E-state index contributed by atoms with van der Waals surface area (Å²) in [6.07, 6.45) is 0.151. The first-order valence-corrected chi connectivity index (χ1v) is 6.15. The summed E-state index contributed by atoms with van der Waals surface area (Å²) in [5, 5.41) is 17.7. The van der Waals surface area contributed by atoms with Gasteiger partial charge in [-0.15, -0.1) is 0 Å². The molecule has 0 unspecified atom stereocenters. The minimum atomic E-state index is -0.793. The van der Waals surface area contributed by atoms with Crippen LogP contribution in [0.15, 0.2) is 18.2 Å². The Morgan fingerprint density at radius 3 is 2.88 bits per heavy atom. The molecular weight excluding hydrogens is 246 g/mol. The van der Waals surface area contributed by atoms with E-state index in [4.69, 9.17) is 22.0 Å². The fraction of sp³-hybridized carbons (Fsp3) is 0.273. The molecule has 0 spiro atoms. The molecule has 0 radical (unpaired) electrons. The summed E-state index contributed by atoms with van der Waals surface area (Å²) in [5.41, 5.74) is 1.46. The normalized spacial score (nSPS) is 9.75. The van der Waals surface area contributed by atoms with Crippen LogP contribution < -0.4 is 0 Å². The van der Waals surface area contributed by atoms with Gasteiger partial charge in [-0.05, 0) is 17.7 Å². The lowest BCUT2D eigenvalue weighted by Crippen LogP contribution is -1.96. The molecule has 1 aromatic rings. The Hall–Kier alpha value is -1.18. The Kier molecular flexibility index (Phi) is 5.17. The summed E-state index contributed by atoms with van der Waals surface area (Å²) < 4.78 is 0. The van der Waals surface area contributed by atoms with E-state index in [1.54, 1.807) is 18.2 Å². The molecule has 0 aliphatic rings. The lowest BCUT2D eigenvalue weighted by molar-refractivity contribution is -0.136. The maximum Gasteiger partial charge on any atom is 0.304 e. The Morgan fingerprint density at radius 1 is 1.56 bits per heavy atom. The van der Waals surface area contributed by atoms with Crippen molar-refractivity contribution in [2.45, 2.75) is 12.2 Å². The van der Waals surface area contributed by atoms with Gasteiger partial charge in [0.1, 0.15) is 0 Å². The van der Waals surface area contributed by atoms with E-state index in [0.717, 1.165) is 5.56 Å². The van der Waals surface area contributed by atoms with Crippen LogP contribution in [0.2, 0.25) is 5.02 Å². The topological polar surface area (TPSA) is 61.1 Å². The SMILES string of the molecule is N#Cc1ccc(CSCCC(=O)O)c(Cl)c1. The summed E-state index contributed by atoms with van der Waals surface area (Å²) in [5.74, 6) is 0.433. The van der Waals surface area contributed by atoms with Gasteiger partial charge in [-0.2, -0.15) is 17.0 Å². The van der Waals surface area contributed by atoms with Crippen molar-refractivity contribution in [3.05, 3.63) is 34.3 Å². The first-order chi connectivity index (χ1) is 7.63. The second-order valence-corrected chi connectivity index (χ2v) is 4.63. The molecule has 0 bridgehead atoms. The molecule has 5 heteroatoms. The highest BCUT2D eigenvalue weighted by atomic mass is 35.5. The molecule has 3 nitrogen and oxygen atoms in total. The van der Waals surface area contributed by atoms with Crippen LogP contribution in [0.3, 0.4) is 0 Å². The lowest BCUT2D eigenvalue weighted by atomic mass is 10.2. The average Bonchev–Trinajstić information content (AvgIpc) is 2.25. The second-order valence-electron chi connectivity index (χ2n) is 3.11. The van der Waals surface area contributed by atoms with Gasteiger partial charge in [-0.25, -0.2) is 0 Å². The van der Waals surface area contributed by atoms with Gasteiger partial charge in [-0.1, -0.05) is 17.7 Å². The average molecular weight is 256 g/mol. The number of rotatable bonds is 5. The summed E-state index contributed by atoms with van der Waals surface area (Å²) >= 11 is 7.48. The van der Waals surface area contributed by atoms with Crippen LogP contribution in [0.1, 0.15) is 17.5 Å². The third kappa shape index (κ3) is 4.13. The zero-order chi connectivity index (χ0) is 12.0. The maximum absolute atomic E-state index is 10.3. The van der Waals surface area contributed by atoms with Gasteiger partial charge >= 0.3 is 5.97 Å². The fourth-order valence-corrected chi connectivity index (χ4v) is 2.34. The molecule has 84 valence electrons. The Morgan fingerprint density at radius 2 is 2.31 bits per heavy atom. The molecule has 1 aromatic carbocycles. The van der Waals surface area contributed by atoms with E-state index in [0.29, 0.717) is 22.1 Å². The molecule has 1 rings (SSSR count). The summed E-state index contributed by atoms with van der Waals surface area (Å²) in [4.78, 5) is 10.3. The molecule has 16 heavy (non-hydrogen) atoms.